The van der Waals surface area contributed by atoms with Crippen molar-refractivity contribution >= 4 is 5.91 Å². The van der Waals surface area contributed by atoms with Crippen molar-refractivity contribution in [1.29, 1.82) is 0 Å². The number of fused-ring (bicyclic) bond motifs is 1. The maximum absolute atomic E-state index is 13.1. The highest BCUT2D eigenvalue weighted by atomic mass is 16.5. The molecule has 2 aromatic rings. The molecule has 27 heavy (non-hydrogen) atoms. The molecule has 0 spiro atoms. The third kappa shape index (κ3) is 4.14. The van der Waals surface area contributed by atoms with Gasteiger partial charge in [-0.05, 0) is 43.0 Å². The quantitative estimate of drug-likeness (QED) is 0.839. The molecule has 0 bridgehead atoms. The molecule has 3 heterocycles. The van der Waals surface area contributed by atoms with E-state index in [-0.39, 0.29) is 11.8 Å². The van der Waals surface area contributed by atoms with Crippen LogP contribution in [0.15, 0.2) is 42.6 Å². The summed E-state index contributed by atoms with van der Waals surface area (Å²) in [6.07, 6.45) is 3.43. The Balaban J connectivity index is 1.34. The molecule has 1 atom stereocenters. The lowest BCUT2D eigenvalue weighted by Crippen LogP contribution is -2.50. The topological polar surface area (TPSA) is 45.7 Å². The second kappa shape index (κ2) is 8.09. The predicted octanol–water partition coefficient (Wildman–Crippen LogP) is 2.68. The summed E-state index contributed by atoms with van der Waals surface area (Å²) in [6, 6.07) is 12.2. The van der Waals surface area contributed by atoms with Gasteiger partial charge in [-0.3, -0.25) is 14.7 Å². The first-order chi connectivity index (χ1) is 13.2. The first-order valence-corrected chi connectivity index (χ1v) is 9.83. The number of hydrogen-bond donors (Lipinski definition) is 0. The molecule has 0 radical (unpaired) electrons. The zero-order valence-electron chi connectivity index (χ0n) is 15.9. The van der Waals surface area contributed by atoms with Crippen LogP contribution in [0.4, 0.5) is 0 Å². The largest absolute Gasteiger partial charge is 0.493 e. The minimum atomic E-state index is 0.0261. The molecule has 1 amide bonds. The molecule has 0 aliphatic carbocycles. The number of rotatable bonds is 3. The van der Waals surface area contributed by atoms with E-state index >= 15 is 0 Å². The number of carbonyl (C=O) groups is 1. The minimum absolute atomic E-state index is 0.0261. The first kappa shape index (κ1) is 18.0. The van der Waals surface area contributed by atoms with Crippen LogP contribution in [-0.2, 0) is 17.8 Å². The van der Waals surface area contributed by atoms with E-state index in [4.69, 9.17) is 4.74 Å². The maximum Gasteiger partial charge on any atom is 0.226 e. The average Bonchev–Trinajstić information content (AvgIpc) is 2.92. The molecule has 5 heteroatoms. The van der Waals surface area contributed by atoms with Crippen molar-refractivity contribution in [3.63, 3.8) is 0 Å². The van der Waals surface area contributed by atoms with Gasteiger partial charge in [0.15, 0.2) is 0 Å². The van der Waals surface area contributed by atoms with E-state index in [9.17, 15) is 4.79 Å². The van der Waals surface area contributed by atoms with E-state index in [1.807, 2.05) is 35.4 Å². The monoisotopic (exact) mass is 365 g/mol. The van der Waals surface area contributed by atoms with Crippen LogP contribution >= 0.6 is 0 Å². The Morgan fingerprint density at radius 2 is 1.96 bits per heavy atom. The highest BCUT2D eigenvalue weighted by molar-refractivity contribution is 5.79. The molecule has 1 saturated heterocycles. The van der Waals surface area contributed by atoms with Crippen LogP contribution in [0.5, 0.6) is 5.75 Å². The van der Waals surface area contributed by atoms with E-state index in [0.717, 1.165) is 62.6 Å². The number of aromatic nitrogens is 1. The van der Waals surface area contributed by atoms with Gasteiger partial charge in [0.2, 0.25) is 5.91 Å². The molecular weight excluding hydrogens is 338 g/mol. The number of ether oxygens (including phenoxy) is 1. The normalized spacial score (nSPS) is 20.5. The van der Waals surface area contributed by atoms with Crippen LogP contribution < -0.4 is 4.74 Å². The Hall–Kier alpha value is -2.40. The lowest BCUT2D eigenvalue weighted by Gasteiger charge is -2.36. The van der Waals surface area contributed by atoms with Gasteiger partial charge in [0.05, 0.1) is 12.3 Å². The van der Waals surface area contributed by atoms with Crippen LogP contribution in [0.25, 0.3) is 0 Å². The fraction of sp³-hybridized carbons (Fsp3) is 0.455. The first-order valence-electron chi connectivity index (χ1n) is 9.83. The number of benzene rings is 1. The van der Waals surface area contributed by atoms with Crippen LogP contribution in [-0.4, -0.2) is 53.5 Å². The highest BCUT2D eigenvalue weighted by Crippen LogP contribution is 2.28. The SMILES string of the molecule is Cc1cccnc1CN1CCN(C(=O)[C@H]2CCOc3ccccc3C2)CC1. The number of pyridine rings is 1. The molecule has 5 nitrogen and oxygen atoms in total. The highest BCUT2D eigenvalue weighted by Gasteiger charge is 2.29. The van der Waals surface area contributed by atoms with Crippen molar-refractivity contribution in [2.45, 2.75) is 26.3 Å². The second-order valence-electron chi connectivity index (χ2n) is 7.51. The van der Waals surface area contributed by atoms with Gasteiger partial charge in [-0.15, -0.1) is 0 Å². The van der Waals surface area contributed by atoms with Gasteiger partial charge >= 0.3 is 0 Å². The molecular formula is C22H27N3O2. The van der Waals surface area contributed by atoms with Crippen molar-refractivity contribution in [1.82, 2.24) is 14.8 Å². The Bertz CT molecular complexity index is 800. The summed E-state index contributed by atoms with van der Waals surface area (Å²) in [5.41, 5.74) is 3.51. The lowest BCUT2D eigenvalue weighted by atomic mass is 9.95. The van der Waals surface area contributed by atoms with E-state index in [0.29, 0.717) is 6.61 Å². The van der Waals surface area contributed by atoms with E-state index in [1.165, 1.54) is 5.56 Å². The van der Waals surface area contributed by atoms with Crippen LogP contribution in [0.3, 0.4) is 0 Å². The number of aryl methyl sites for hydroxylation is 1. The van der Waals surface area contributed by atoms with Crippen molar-refractivity contribution in [3.8, 4) is 5.75 Å². The molecule has 0 unspecified atom stereocenters. The molecule has 1 aromatic heterocycles. The Morgan fingerprint density at radius 1 is 1.15 bits per heavy atom. The third-order valence-electron chi connectivity index (χ3n) is 5.69. The van der Waals surface area contributed by atoms with Crippen LogP contribution in [0, 0.1) is 12.8 Å². The minimum Gasteiger partial charge on any atom is -0.493 e. The Morgan fingerprint density at radius 3 is 2.78 bits per heavy atom. The zero-order chi connectivity index (χ0) is 18.6. The van der Waals surface area contributed by atoms with Gasteiger partial charge in [0, 0.05) is 44.8 Å². The summed E-state index contributed by atoms with van der Waals surface area (Å²) < 4.78 is 5.82. The number of amides is 1. The van der Waals surface area contributed by atoms with Crippen molar-refractivity contribution in [2.75, 3.05) is 32.8 Å². The van der Waals surface area contributed by atoms with Gasteiger partial charge in [-0.1, -0.05) is 24.3 Å². The van der Waals surface area contributed by atoms with E-state index in [2.05, 4.69) is 28.9 Å². The molecule has 1 fully saturated rings. The summed E-state index contributed by atoms with van der Waals surface area (Å²) >= 11 is 0. The summed E-state index contributed by atoms with van der Waals surface area (Å²) in [5.74, 6) is 1.24. The molecule has 0 N–H and O–H groups in total. The number of piperazine rings is 1. The molecule has 4 rings (SSSR count). The van der Waals surface area contributed by atoms with Gasteiger partial charge in [-0.2, -0.15) is 0 Å². The summed E-state index contributed by atoms with van der Waals surface area (Å²) in [5, 5.41) is 0. The lowest BCUT2D eigenvalue weighted by molar-refractivity contribution is -0.137. The van der Waals surface area contributed by atoms with Gasteiger partial charge < -0.3 is 9.64 Å². The number of carbonyl (C=O) groups excluding carboxylic acids is 1. The van der Waals surface area contributed by atoms with Gasteiger partial charge in [-0.25, -0.2) is 0 Å². The van der Waals surface area contributed by atoms with Gasteiger partial charge in [0.1, 0.15) is 5.75 Å². The third-order valence-corrected chi connectivity index (χ3v) is 5.69. The Kier molecular flexibility index (Phi) is 5.39. The van der Waals surface area contributed by atoms with E-state index < -0.39 is 0 Å². The predicted molar refractivity (Wildman–Crippen MR) is 105 cm³/mol. The average molecular weight is 365 g/mol. The molecule has 2 aliphatic heterocycles. The van der Waals surface area contributed by atoms with Crippen molar-refractivity contribution in [3.05, 3.63) is 59.4 Å². The second-order valence-corrected chi connectivity index (χ2v) is 7.51. The summed E-state index contributed by atoms with van der Waals surface area (Å²) in [7, 11) is 0. The van der Waals surface area contributed by atoms with Crippen LogP contribution in [0.2, 0.25) is 0 Å². The zero-order valence-corrected chi connectivity index (χ0v) is 15.9. The standard InChI is InChI=1S/C22H27N3O2/c1-17-5-4-9-23-20(17)16-24-10-12-25(13-11-24)22(26)19-8-14-27-21-7-3-2-6-18(21)15-19/h2-7,9,19H,8,10-16H2,1H3/t19-/m0/s1. The van der Waals surface area contributed by atoms with Crippen molar-refractivity contribution in [2.24, 2.45) is 5.92 Å². The van der Waals surface area contributed by atoms with E-state index in [1.54, 1.807) is 0 Å². The maximum atomic E-state index is 13.1. The summed E-state index contributed by atoms with van der Waals surface area (Å²) in [4.78, 5) is 22.0. The molecule has 1 aromatic carbocycles. The number of nitrogens with zero attached hydrogens (tertiary/aromatic N) is 3. The fourth-order valence-corrected chi connectivity index (χ4v) is 3.98. The fourth-order valence-electron chi connectivity index (χ4n) is 3.98. The summed E-state index contributed by atoms with van der Waals surface area (Å²) in [6.45, 7) is 6.98. The van der Waals surface area contributed by atoms with Crippen molar-refractivity contribution < 1.29 is 9.53 Å². The number of hydrogen-bond acceptors (Lipinski definition) is 4. The molecule has 142 valence electrons. The molecule has 0 saturated carbocycles. The number of para-hydroxylation sites is 1. The van der Waals surface area contributed by atoms with Crippen LogP contribution in [0.1, 0.15) is 23.2 Å². The smallest absolute Gasteiger partial charge is 0.226 e. The molecule has 2 aliphatic rings. The Labute approximate surface area is 161 Å². The van der Waals surface area contributed by atoms with Gasteiger partial charge in [0.25, 0.3) is 0 Å².